The van der Waals surface area contributed by atoms with Crippen molar-refractivity contribution < 1.29 is 0 Å². The van der Waals surface area contributed by atoms with E-state index in [0.29, 0.717) is 35.3 Å². The zero-order valence-corrected chi connectivity index (χ0v) is 18.2. The van der Waals surface area contributed by atoms with Crippen LogP contribution in [-0.4, -0.2) is 48.0 Å². The van der Waals surface area contributed by atoms with Gasteiger partial charge in [0, 0.05) is 32.7 Å². The van der Waals surface area contributed by atoms with Crippen molar-refractivity contribution in [3.63, 3.8) is 0 Å². The molecule has 1 fully saturated rings. The van der Waals surface area contributed by atoms with Crippen LogP contribution in [0.15, 0.2) is 40.1 Å². The second kappa shape index (κ2) is 7.86. The van der Waals surface area contributed by atoms with E-state index in [2.05, 4.69) is 15.0 Å². The molecule has 1 atom stereocenters. The van der Waals surface area contributed by atoms with Crippen LogP contribution in [0.5, 0.6) is 0 Å². The molecule has 4 aromatic rings. The normalized spacial score (nSPS) is 16.8. The SMILES string of the molecule is CCn1c(N2CCCC(N)C2)nc2cnn(Cc3nc(=O)c4ccccc4n3C)c(=O)c21. The Morgan fingerprint density at radius 2 is 2.00 bits per heavy atom. The molecule has 0 bridgehead atoms. The summed E-state index contributed by atoms with van der Waals surface area (Å²) in [6.07, 6.45) is 3.60. The number of benzene rings is 1. The predicted molar refractivity (Wildman–Crippen MR) is 123 cm³/mol. The van der Waals surface area contributed by atoms with Gasteiger partial charge in [0.2, 0.25) is 5.95 Å². The van der Waals surface area contributed by atoms with Crippen molar-refractivity contribution in [2.45, 2.75) is 38.9 Å². The number of nitrogens with zero attached hydrogens (tertiary/aromatic N) is 7. The summed E-state index contributed by atoms with van der Waals surface area (Å²) in [5.74, 6) is 1.22. The summed E-state index contributed by atoms with van der Waals surface area (Å²) < 4.78 is 5.10. The van der Waals surface area contributed by atoms with Crippen LogP contribution < -0.4 is 21.8 Å². The molecule has 1 aliphatic rings. The van der Waals surface area contributed by atoms with Gasteiger partial charge in [0.05, 0.1) is 17.1 Å². The van der Waals surface area contributed by atoms with Gasteiger partial charge in [-0.3, -0.25) is 9.59 Å². The lowest BCUT2D eigenvalue weighted by Gasteiger charge is -2.31. The van der Waals surface area contributed by atoms with Gasteiger partial charge in [-0.05, 0) is 31.9 Å². The van der Waals surface area contributed by atoms with Crippen molar-refractivity contribution in [3.05, 3.63) is 57.0 Å². The molecule has 0 radical (unpaired) electrons. The van der Waals surface area contributed by atoms with Gasteiger partial charge in [0.25, 0.3) is 11.1 Å². The molecule has 10 nitrogen and oxygen atoms in total. The van der Waals surface area contributed by atoms with Crippen molar-refractivity contribution in [1.29, 1.82) is 0 Å². The molecule has 0 saturated carbocycles. The molecule has 10 heteroatoms. The third-order valence-corrected chi connectivity index (χ3v) is 6.19. The summed E-state index contributed by atoms with van der Waals surface area (Å²) in [4.78, 5) is 37.0. The molecular weight excluding hydrogens is 408 g/mol. The number of aryl methyl sites for hydroxylation is 2. The fraction of sp³-hybridized carbons (Fsp3) is 0.409. The first-order valence-corrected chi connectivity index (χ1v) is 10.9. The first-order chi connectivity index (χ1) is 15.5. The van der Waals surface area contributed by atoms with Crippen molar-refractivity contribution in [2.24, 2.45) is 12.8 Å². The number of imidazole rings is 1. The van der Waals surface area contributed by atoms with Gasteiger partial charge < -0.3 is 19.8 Å². The minimum Gasteiger partial charge on any atom is -0.341 e. The van der Waals surface area contributed by atoms with Crippen LogP contribution in [0.2, 0.25) is 0 Å². The van der Waals surface area contributed by atoms with Crippen LogP contribution >= 0.6 is 0 Å². The fourth-order valence-corrected chi connectivity index (χ4v) is 4.53. The van der Waals surface area contributed by atoms with Crippen LogP contribution in [0, 0.1) is 0 Å². The van der Waals surface area contributed by atoms with Gasteiger partial charge in [-0.2, -0.15) is 10.1 Å². The monoisotopic (exact) mass is 434 g/mol. The summed E-state index contributed by atoms with van der Waals surface area (Å²) >= 11 is 0. The van der Waals surface area contributed by atoms with Crippen LogP contribution in [0.4, 0.5) is 5.95 Å². The molecule has 1 unspecified atom stereocenters. The minimum atomic E-state index is -0.315. The Morgan fingerprint density at radius 3 is 2.78 bits per heavy atom. The molecule has 4 heterocycles. The maximum Gasteiger partial charge on any atom is 0.293 e. The number of aromatic nitrogens is 6. The van der Waals surface area contributed by atoms with Gasteiger partial charge >= 0.3 is 0 Å². The standard InChI is InChI=1S/C22H26N8O2/c1-3-29-19-16(25-22(29)28-10-6-7-14(23)12-28)11-24-30(21(19)32)13-18-26-20(31)15-8-4-5-9-17(15)27(18)2/h4-5,8-9,11,14H,3,6-7,10,12-13,23H2,1-2H3. The lowest BCUT2D eigenvalue weighted by Crippen LogP contribution is -2.44. The highest BCUT2D eigenvalue weighted by Crippen LogP contribution is 2.23. The lowest BCUT2D eigenvalue weighted by atomic mass is 10.1. The molecule has 32 heavy (non-hydrogen) atoms. The van der Waals surface area contributed by atoms with Gasteiger partial charge in [-0.15, -0.1) is 0 Å². The first kappa shape index (κ1) is 20.4. The van der Waals surface area contributed by atoms with E-state index < -0.39 is 0 Å². The summed E-state index contributed by atoms with van der Waals surface area (Å²) in [6.45, 7) is 4.26. The van der Waals surface area contributed by atoms with Crippen molar-refractivity contribution in [3.8, 4) is 0 Å². The van der Waals surface area contributed by atoms with Crippen LogP contribution in [-0.2, 0) is 20.1 Å². The minimum absolute atomic E-state index is 0.0875. The van der Waals surface area contributed by atoms with Gasteiger partial charge in [0.1, 0.15) is 23.4 Å². The third kappa shape index (κ3) is 3.27. The number of para-hydroxylation sites is 1. The molecule has 166 valence electrons. The fourth-order valence-electron chi connectivity index (χ4n) is 4.53. The van der Waals surface area contributed by atoms with Crippen LogP contribution in [0.3, 0.4) is 0 Å². The smallest absolute Gasteiger partial charge is 0.293 e. The quantitative estimate of drug-likeness (QED) is 0.506. The average Bonchev–Trinajstić information content (AvgIpc) is 3.18. The topological polar surface area (TPSA) is 117 Å². The molecule has 0 amide bonds. The molecule has 0 spiro atoms. The molecule has 2 N–H and O–H groups in total. The average molecular weight is 435 g/mol. The number of nitrogens with two attached hydrogens (primary N) is 1. The second-order valence-electron chi connectivity index (χ2n) is 8.25. The van der Waals surface area contributed by atoms with Gasteiger partial charge in [-0.25, -0.2) is 9.67 Å². The van der Waals surface area contributed by atoms with E-state index in [-0.39, 0.29) is 23.7 Å². The summed E-state index contributed by atoms with van der Waals surface area (Å²) in [5, 5.41) is 4.88. The Bertz CT molecular complexity index is 1430. The third-order valence-electron chi connectivity index (χ3n) is 6.19. The molecule has 1 aromatic carbocycles. The Kier molecular flexibility index (Phi) is 5.01. The molecule has 1 aliphatic heterocycles. The van der Waals surface area contributed by atoms with Crippen LogP contribution in [0.25, 0.3) is 21.9 Å². The number of anilines is 1. The summed E-state index contributed by atoms with van der Waals surface area (Å²) in [6, 6.07) is 7.39. The predicted octanol–water partition coefficient (Wildman–Crippen LogP) is 0.836. The highest BCUT2D eigenvalue weighted by atomic mass is 16.1. The Labute approximate surface area is 183 Å². The second-order valence-corrected chi connectivity index (χ2v) is 8.25. The van der Waals surface area contributed by atoms with E-state index in [1.54, 1.807) is 12.3 Å². The van der Waals surface area contributed by atoms with E-state index in [9.17, 15) is 9.59 Å². The number of rotatable bonds is 4. The maximum absolute atomic E-state index is 13.4. The van der Waals surface area contributed by atoms with E-state index in [4.69, 9.17) is 10.7 Å². The highest BCUT2D eigenvalue weighted by molar-refractivity contribution is 5.78. The zero-order chi connectivity index (χ0) is 22.4. The number of fused-ring (bicyclic) bond motifs is 2. The highest BCUT2D eigenvalue weighted by Gasteiger charge is 2.24. The van der Waals surface area contributed by atoms with E-state index >= 15 is 0 Å². The number of hydrogen-bond donors (Lipinski definition) is 1. The maximum atomic E-state index is 13.4. The van der Waals surface area contributed by atoms with E-state index in [0.717, 1.165) is 30.9 Å². The summed E-state index contributed by atoms with van der Waals surface area (Å²) in [5.41, 5.74) is 7.41. The number of hydrogen-bond acceptors (Lipinski definition) is 7. The molecule has 3 aromatic heterocycles. The zero-order valence-electron chi connectivity index (χ0n) is 18.2. The summed E-state index contributed by atoms with van der Waals surface area (Å²) in [7, 11) is 1.83. The molecule has 5 rings (SSSR count). The largest absolute Gasteiger partial charge is 0.341 e. The number of piperidine rings is 1. The Balaban J connectivity index is 1.60. The van der Waals surface area contributed by atoms with E-state index in [1.807, 2.05) is 41.3 Å². The molecular formula is C22H26N8O2. The van der Waals surface area contributed by atoms with E-state index in [1.165, 1.54) is 4.68 Å². The van der Waals surface area contributed by atoms with Gasteiger partial charge in [0.15, 0.2) is 0 Å². The van der Waals surface area contributed by atoms with Crippen LogP contribution in [0.1, 0.15) is 25.6 Å². The molecule has 0 aliphatic carbocycles. The van der Waals surface area contributed by atoms with Gasteiger partial charge in [-0.1, -0.05) is 12.1 Å². The van der Waals surface area contributed by atoms with Crippen molar-refractivity contribution in [2.75, 3.05) is 18.0 Å². The first-order valence-electron chi connectivity index (χ1n) is 10.9. The lowest BCUT2D eigenvalue weighted by molar-refractivity contribution is 0.494. The van der Waals surface area contributed by atoms with Crippen molar-refractivity contribution >= 4 is 27.9 Å². The Hall–Kier alpha value is -3.53. The Morgan fingerprint density at radius 1 is 1.19 bits per heavy atom. The van der Waals surface area contributed by atoms with Crippen molar-refractivity contribution in [1.82, 2.24) is 28.9 Å². The molecule has 1 saturated heterocycles.